The summed E-state index contributed by atoms with van der Waals surface area (Å²) in [5.74, 6) is 1.79. The van der Waals surface area contributed by atoms with Crippen LogP contribution in [0.25, 0.3) is 0 Å². The Morgan fingerprint density at radius 3 is 2.88 bits per heavy atom. The van der Waals surface area contributed by atoms with Crippen molar-refractivity contribution < 1.29 is 5.11 Å². The van der Waals surface area contributed by atoms with Crippen molar-refractivity contribution in [1.29, 1.82) is 0 Å². The van der Waals surface area contributed by atoms with Crippen LogP contribution in [-0.2, 0) is 6.42 Å². The van der Waals surface area contributed by atoms with Gasteiger partial charge in [0.25, 0.3) is 0 Å². The van der Waals surface area contributed by atoms with Crippen molar-refractivity contribution in [2.75, 3.05) is 0 Å². The molecular weight excluding hydrogens is 228 g/mol. The normalized spacial score (nSPS) is 33.8. The molecule has 0 aliphatic heterocycles. The maximum absolute atomic E-state index is 10.7. The van der Waals surface area contributed by atoms with Crippen LogP contribution in [-0.4, -0.2) is 10.7 Å². The highest BCUT2D eigenvalue weighted by atomic mass is 32.1. The second-order valence-corrected chi connectivity index (χ2v) is 6.83. The van der Waals surface area contributed by atoms with Gasteiger partial charge in [0.05, 0.1) is 5.60 Å². The molecule has 2 atom stereocenters. The van der Waals surface area contributed by atoms with Crippen molar-refractivity contribution >= 4 is 11.3 Å². The quantitative estimate of drug-likeness (QED) is 0.856. The summed E-state index contributed by atoms with van der Waals surface area (Å²) in [6.45, 7) is 0. The van der Waals surface area contributed by atoms with Gasteiger partial charge >= 0.3 is 0 Å². The first-order valence-corrected chi connectivity index (χ1v) is 7.93. The molecule has 2 unspecified atom stereocenters. The van der Waals surface area contributed by atoms with Gasteiger partial charge in [-0.1, -0.05) is 6.42 Å². The first-order chi connectivity index (χ1) is 8.25. The second kappa shape index (κ2) is 4.74. The van der Waals surface area contributed by atoms with E-state index in [4.69, 9.17) is 0 Å². The van der Waals surface area contributed by atoms with E-state index < -0.39 is 0 Å². The highest BCUT2D eigenvalue weighted by Crippen LogP contribution is 2.47. The van der Waals surface area contributed by atoms with Crippen LogP contribution in [0.3, 0.4) is 0 Å². The molecule has 17 heavy (non-hydrogen) atoms. The minimum absolute atomic E-state index is 0.354. The average Bonchev–Trinajstić information content (AvgIpc) is 3.04. The molecule has 94 valence electrons. The smallest absolute Gasteiger partial charge is 0.0653 e. The fourth-order valence-corrected chi connectivity index (χ4v) is 4.10. The molecule has 2 aliphatic rings. The molecule has 1 nitrogen and oxygen atoms in total. The third kappa shape index (κ3) is 2.92. The molecule has 1 aromatic rings. The summed E-state index contributed by atoms with van der Waals surface area (Å²) >= 11 is 1.76. The number of rotatable bonds is 4. The molecule has 0 bridgehead atoms. The summed E-state index contributed by atoms with van der Waals surface area (Å²) < 4.78 is 0. The number of hydrogen-bond donors (Lipinski definition) is 1. The maximum atomic E-state index is 10.7. The minimum Gasteiger partial charge on any atom is -0.390 e. The molecule has 2 fully saturated rings. The van der Waals surface area contributed by atoms with E-state index in [9.17, 15) is 5.11 Å². The highest BCUT2D eigenvalue weighted by molar-refractivity contribution is 7.07. The summed E-state index contributed by atoms with van der Waals surface area (Å²) in [6.07, 6.45) is 9.57. The fourth-order valence-electron chi connectivity index (χ4n) is 3.39. The summed E-state index contributed by atoms with van der Waals surface area (Å²) in [5.41, 5.74) is 1.05. The van der Waals surface area contributed by atoms with Crippen LogP contribution < -0.4 is 0 Å². The number of thiophene rings is 1. The van der Waals surface area contributed by atoms with Crippen LogP contribution >= 0.6 is 11.3 Å². The SMILES string of the molecule is OC1(CCc2ccsc2)CCCC(C2CC2)C1. The Hall–Kier alpha value is -0.340. The van der Waals surface area contributed by atoms with Gasteiger partial charge in [-0.2, -0.15) is 11.3 Å². The summed E-state index contributed by atoms with van der Waals surface area (Å²) in [6, 6.07) is 2.19. The maximum Gasteiger partial charge on any atom is 0.0653 e. The molecule has 3 rings (SSSR count). The Labute approximate surface area is 108 Å². The molecule has 2 aliphatic carbocycles. The lowest BCUT2D eigenvalue weighted by Gasteiger charge is -2.37. The van der Waals surface area contributed by atoms with Gasteiger partial charge in [0.2, 0.25) is 0 Å². The van der Waals surface area contributed by atoms with Crippen LogP contribution in [0.1, 0.15) is 50.5 Å². The van der Waals surface area contributed by atoms with E-state index >= 15 is 0 Å². The lowest BCUT2D eigenvalue weighted by atomic mass is 9.74. The molecule has 0 aromatic carbocycles. The Bertz CT molecular complexity index is 355. The first-order valence-electron chi connectivity index (χ1n) is 6.99. The van der Waals surface area contributed by atoms with Gasteiger partial charge in [-0.15, -0.1) is 0 Å². The molecule has 0 radical (unpaired) electrons. The van der Waals surface area contributed by atoms with Crippen molar-refractivity contribution in [3.8, 4) is 0 Å². The third-order valence-corrected chi connectivity index (χ3v) is 5.34. The zero-order valence-electron chi connectivity index (χ0n) is 10.4. The Morgan fingerprint density at radius 1 is 1.29 bits per heavy atom. The van der Waals surface area contributed by atoms with Crippen LogP contribution in [0.5, 0.6) is 0 Å². The van der Waals surface area contributed by atoms with Gasteiger partial charge in [0.15, 0.2) is 0 Å². The first kappa shape index (κ1) is 11.7. The molecule has 1 aromatic heterocycles. The van der Waals surface area contributed by atoms with E-state index in [0.29, 0.717) is 0 Å². The number of aliphatic hydroxyl groups is 1. The largest absolute Gasteiger partial charge is 0.390 e. The molecule has 0 saturated heterocycles. The average molecular weight is 250 g/mol. The predicted molar refractivity (Wildman–Crippen MR) is 72.3 cm³/mol. The highest BCUT2D eigenvalue weighted by Gasteiger charge is 2.40. The fraction of sp³-hybridized carbons (Fsp3) is 0.733. The zero-order chi connectivity index (χ0) is 11.7. The third-order valence-electron chi connectivity index (χ3n) is 4.61. The molecule has 0 amide bonds. The van der Waals surface area contributed by atoms with E-state index in [0.717, 1.165) is 37.5 Å². The Morgan fingerprint density at radius 2 is 2.18 bits per heavy atom. The van der Waals surface area contributed by atoms with Crippen molar-refractivity contribution in [2.45, 2.75) is 57.0 Å². The van der Waals surface area contributed by atoms with Gasteiger partial charge in [-0.25, -0.2) is 0 Å². The molecule has 1 heterocycles. The summed E-state index contributed by atoms with van der Waals surface area (Å²) in [5, 5.41) is 15.1. The van der Waals surface area contributed by atoms with Crippen molar-refractivity contribution in [1.82, 2.24) is 0 Å². The van der Waals surface area contributed by atoms with Gasteiger partial charge in [-0.3, -0.25) is 0 Å². The van der Waals surface area contributed by atoms with Crippen LogP contribution in [0.2, 0.25) is 0 Å². The van der Waals surface area contributed by atoms with Crippen molar-refractivity contribution in [3.05, 3.63) is 22.4 Å². The van der Waals surface area contributed by atoms with Gasteiger partial charge in [0.1, 0.15) is 0 Å². The van der Waals surface area contributed by atoms with Gasteiger partial charge in [0, 0.05) is 0 Å². The minimum atomic E-state index is -0.354. The lowest BCUT2D eigenvalue weighted by Crippen LogP contribution is -2.36. The van der Waals surface area contributed by atoms with Gasteiger partial charge in [-0.05, 0) is 79.2 Å². The number of hydrogen-bond acceptors (Lipinski definition) is 2. The predicted octanol–water partition coefficient (Wildman–Crippen LogP) is 4.01. The molecule has 1 N–H and O–H groups in total. The Kier molecular flexibility index (Phi) is 3.27. The van der Waals surface area contributed by atoms with Crippen LogP contribution in [0.15, 0.2) is 16.8 Å². The molecular formula is C15H22OS. The zero-order valence-corrected chi connectivity index (χ0v) is 11.2. The van der Waals surface area contributed by atoms with E-state index in [1.807, 2.05) is 0 Å². The lowest BCUT2D eigenvalue weighted by molar-refractivity contribution is -0.0266. The van der Waals surface area contributed by atoms with Crippen molar-refractivity contribution in [2.24, 2.45) is 11.8 Å². The monoisotopic (exact) mass is 250 g/mol. The second-order valence-electron chi connectivity index (χ2n) is 6.05. The summed E-state index contributed by atoms with van der Waals surface area (Å²) in [7, 11) is 0. The Balaban J connectivity index is 1.56. The number of aryl methyl sites for hydroxylation is 1. The van der Waals surface area contributed by atoms with E-state index in [1.165, 1.54) is 31.2 Å². The summed E-state index contributed by atoms with van der Waals surface area (Å²) in [4.78, 5) is 0. The van der Waals surface area contributed by atoms with Crippen LogP contribution in [0.4, 0.5) is 0 Å². The standard InChI is InChI=1S/C15H22OS/c16-15(8-5-12-6-9-17-11-12)7-1-2-14(10-15)13-3-4-13/h6,9,11,13-14,16H,1-5,7-8,10H2. The van der Waals surface area contributed by atoms with Crippen molar-refractivity contribution in [3.63, 3.8) is 0 Å². The van der Waals surface area contributed by atoms with E-state index in [-0.39, 0.29) is 5.60 Å². The van der Waals surface area contributed by atoms with Gasteiger partial charge < -0.3 is 5.11 Å². The van der Waals surface area contributed by atoms with Crippen LogP contribution in [0, 0.1) is 11.8 Å². The molecule has 0 spiro atoms. The molecule has 2 saturated carbocycles. The molecule has 2 heteroatoms. The topological polar surface area (TPSA) is 20.2 Å². The van der Waals surface area contributed by atoms with E-state index in [2.05, 4.69) is 16.8 Å². The van der Waals surface area contributed by atoms with E-state index in [1.54, 1.807) is 11.3 Å².